The summed E-state index contributed by atoms with van der Waals surface area (Å²) in [6.45, 7) is 9.61. The quantitative estimate of drug-likeness (QED) is 0.270. The van der Waals surface area contributed by atoms with Gasteiger partial charge in [0.2, 0.25) is 5.89 Å². The first-order valence-electron chi connectivity index (χ1n) is 12.1. The molecule has 1 amide bonds. The molecular weight excluding hydrogens is 470 g/mol. The van der Waals surface area contributed by atoms with Crippen molar-refractivity contribution < 1.29 is 13.9 Å². The van der Waals surface area contributed by atoms with Crippen molar-refractivity contribution in [3.8, 4) is 17.2 Å². The van der Waals surface area contributed by atoms with Crippen molar-refractivity contribution in [1.29, 1.82) is 0 Å². The minimum absolute atomic E-state index is 0.268. The predicted octanol–water partition coefficient (Wildman–Crippen LogP) is 6.46. The minimum atomic E-state index is -0.269. The van der Waals surface area contributed by atoms with Crippen LogP contribution in [0, 0.1) is 5.92 Å². The molecule has 0 atom stereocenters. The number of carbonyl (C=O) groups is 1. The molecule has 0 saturated heterocycles. The Labute approximate surface area is 217 Å². The van der Waals surface area contributed by atoms with Gasteiger partial charge in [-0.1, -0.05) is 45.9 Å². The van der Waals surface area contributed by atoms with Gasteiger partial charge in [-0.3, -0.25) is 10.1 Å². The third kappa shape index (κ3) is 6.49. The van der Waals surface area contributed by atoms with Gasteiger partial charge in [0, 0.05) is 17.7 Å². The van der Waals surface area contributed by atoms with Crippen molar-refractivity contribution in [2.75, 3.05) is 6.61 Å². The molecule has 0 aliphatic carbocycles. The van der Waals surface area contributed by atoms with Gasteiger partial charge in [0.25, 0.3) is 5.91 Å². The third-order valence-corrected chi connectivity index (χ3v) is 5.91. The maximum Gasteiger partial charge on any atom is 0.257 e. The van der Waals surface area contributed by atoms with Crippen LogP contribution in [0.2, 0.25) is 0 Å². The normalized spacial score (nSPS) is 11.2. The SMILES string of the molecule is CC(C)COc1ccc(C(=O)NC(=S)NCc2ccc(-c3nc4cc(C(C)C)ccc4o3)cc2)cc1. The Kier molecular flexibility index (Phi) is 8.00. The molecule has 36 heavy (non-hydrogen) atoms. The Morgan fingerprint density at radius 1 is 1.00 bits per heavy atom. The number of hydrogen-bond acceptors (Lipinski definition) is 5. The lowest BCUT2D eigenvalue weighted by molar-refractivity contribution is 0.0976. The van der Waals surface area contributed by atoms with Crippen LogP contribution in [0.1, 0.15) is 55.1 Å². The minimum Gasteiger partial charge on any atom is -0.493 e. The average molecular weight is 502 g/mol. The number of benzene rings is 3. The van der Waals surface area contributed by atoms with Gasteiger partial charge in [0.1, 0.15) is 11.3 Å². The fraction of sp³-hybridized carbons (Fsp3) is 0.276. The van der Waals surface area contributed by atoms with Crippen LogP contribution < -0.4 is 15.4 Å². The number of hydrogen-bond donors (Lipinski definition) is 2. The van der Waals surface area contributed by atoms with Crippen LogP contribution in [0.15, 0.2) is 71.1 Å². The number of thiocarbonyl (C=S) groups is 1. The number of oxazole rings is 1. The van der Waals surface area contributed by atoms with E-state index in [1.165, 1.54) is 5.56 Å². The molecule has 2 N–H and O–H groups in total. The molecule has 186 valence electrons. The fourth-order valence-electron chi connectivity index (χ4n) is 3.56. The number of carbonyl (C=O) groups excluding carboxylic acids is 1. The summed E-state index contributed by atoms with van der Waals surface area (Å²) in [5.74, 6) is 1.94. The lowest BCUT2D eigenvalue weighted by Gasteiger charge is -2.11. The van der Waals surface area contributed by atoms with E-state index in [0.717, 1.165) is 28.0 Å². The first-order chi connectivity index (χ1) is 17.3. The third-order valence-electron chi connectivity index (χ3n) is 5.66. The maximum atomic E-state index is 12.5. The number of ether oxygens (including phenoxy) is 1. The van der Waals surface area contributed by atoms with Crippen LogP contribution in [0.5, 0.6) is 5.75 Å². The molecule has 0 aliphatic heterocycles. The molecule has 0 fully saturated rings. The second-order valence-electron chi connectivity index (χ2n) is 9.46. The number of rotatable bonds is 8. The Hall–Kier alpha value is -3.71. The number of fused-ring (bicyclic) bond motifs is 1. The second kappa shape index (κ2) is 11.4. The van der Waals surface area contributed by atoms with E-state index in [1.807, 2.05) is 30.3 Å². The molecule has 0 spiro atoms. The largest absolute Gasteiger partial charge is 0.493 e. The number of nitrogens with zero attached hydrogens (tertiary/aromatic N) is 1. The zero-order valence-corrected chi connectivity index (χ0v) is 21.8. The molecule has 0 unspecified atom stereocenters. The van der Waals surface area contributed by atoms with E-state index < -0.39 is 0 Å². The summed E-state index contributed by atoms with van der Waals surface area (Å²) in [5.41, 5.74) is 5.30. The summed E-state index contributed by atoms with van der Waals surface area (Å²) >= 11 is 5.30. The Balaban J connectivity index is 1.30. The van der Waals surface area contributed by atoms with Crippen LogP contribution in [-0.4, -0.2) is 22.6 Å². The van der Waals surface area contributed by atoms with Crippen molar-refractivity contribution in [3.63, 3.8) is 0 Å². The molecule has 3 aromatic carbocycles. The van der Waals surface area contributed by atoms with E-state index >= 15 is 0 Å². The molecule has 0 aliphatic rings. The van der Waals surface area contributed by atoms with Gasteiger partial charge in [-0.15, -0.1) is 0 Å². The molecule has 0 bridgehead atoms. The number of nitrogens with one attached hydrogen (secondary N) is 2. The Morgan fingerprint density at radius 2 is 1.72 bits per heavy atom. The number of amides is 1. The highest BCUT2D eigenvalue weighted by Crippen LogP contribution is 2.27. The first kappa shape index (κ1) is 25.4. The van der Waals surface area contributed by atoms with Crippen molar-refractivity contribution in [2.45, 2.75) is 40.2 Å². The van der Waals surface area contributed by atoms with E-state index in [1.54, 1.807) is 24.3 Å². The van der Waals surface area contributed by atoms with Gasteiger partial charge in [-0.05, 0) is 83.7 Å². The highest BCUT2D eigenvalue weighted by molar-refractivity contribution is 7.80. The van der Waals surface area contributed by atoms with Gasteiger partial charge < -0.3 is 14.5 Å². The first-order valence-corrected chi connectivity index (χ1v) is 12.5. The summed E-state index contributed by atoms with van der Waals surface area (Å²) in [6, 6.07) is 21.1. The maximum absolute atomic E-state index is 12.5. The van der Waals surface area contributed by atoms with Gasteiger partial charge in [0.05, 0.1) is 6.61 Å². The van der Waals surface area contributed by atoms with Gasteiger partial charge in [-0.2, -0.15) is 0 Å². The molecule has 7 heteroatoms. The molecule has 4 aromatic rings. The van der Waals surface area contributed by atoms with E-state index in [0.29, 0.717) is 36.4 Å². The molecular formula is C29H31N3O3S. The molecule has 6 nitrogen and oxygen atoms in total. The number of aromatic nitrogens is 1. The average Bonchev–Trinajstić information content (AvgIpc) is 3.30. The van der Waals surface area contributed by atoms with Crippen LogP contribution in [0.4, 0.5) is 0 Å². The van der Waals surface area contributed by atoms with Gasteiger partial charge in [-0.25, -0.2) is 4.98 Å². The topological polar surface area (TPSA) is 76.4 Å². The highest BCUT2D eigenvalue weighted by Gasteiger charge is 2.11. The van der Waals surface area contributed by atoms with E-state index in [9.17, 15) is 4.79 Å². The van der Waals surface area contributed by atoms with E-state index in [2.05, 4.69) is 55.4 Å². The van der Waals surface area contributed by atoms with Crippen molar-refractivity contribution in [1.82, 2.24) is 15.6 Å². The summed E-state index contributed by atoms with van der Waals surface area (Å²) in [5, 5.41) is 6.06. The van der Waals surface area contributed by atoms with Gasteiger partial charge >= 0.3 is 0 Å². The molecule has 1 heterocycles. The zero-order valence-electron chi connectivity index (χ0n) is 21.0. The predicted molar refractivity (Wildman–Crippen MR) is 147 cm³/mol. The standard InChI is InChI=1S/C29H31N3O3S/c1-18(2)17-34-24-12-9-21(10-13-24)27(33)32-29(36)30-16-20-5-7-22(8-6-20)28-31-25-15-23(19(3)4)11-14-26(25)35-28/h5-15,18-19H,16-17H2,1-4H3,(H2,30,32,33,36). The van der Waals surface area contributed by atoms with Crippen LogP contribution in [0.25, 0.3) is 22.6 Å². The van der Waals surface area contributed by atoms with Crippen LogP contribution >= 0.6 is 12.2 Å². The van der Waals surface area contributed by atoms with Crippen molar-refractivity contribution in [3.05, 3.63) is 83.4 Å². The van der Waals surface area contributed by atoms with Crippen LogP contribution in [-0.2, 0) is 6.54 Å². The highest BCUT2D eigenvalue weighted by atomic mass is 32.1. The molecule has 0 saturated carbocycles. The van der Waals surface area contributed by atoms with E-state index in [4.69, 9.17) is 21.4 Å². The lowest BCUT2D eigenvalue weighted by atomic mass is 10.0. The summed E-state index contributed by atoms with van der Waals surface area (Å²) in [6.07, 6.45) is 0. The molecule has 0 radical (unpaired) electrons. The summed E-state index contributed by atoms with van der Waals surface area (Å²) in [7, 11) is 0. The Morgan fingerprint density at radius 3 is 2.39 bits per heavy atom. The van der Waals surface area contributed by atoms with Gasteiger partial charge in [0.15, 0.2) is 10.7 Å². The molecule has 1 aromatic heterocycles. The smallest absolute Gasteiger partial charge is 0.257 e. The summed E-state index contributed by atoms with van der Waals surface area (Å²) < 4.78 is 11.6. The fourth-order valence-corrected chi connectivity index (χ4v) is 3.72. The Bertz CT molecular complexity index is 1340. The monoisotopic (exact) mass is 501 g/mol. The summed E-state index contributed by atoms with van der Waals surface area (Å²) in [4.78, 5) is 17.1. The zero-order chi connectivity index (χ0) is 25.7. The second-order valence-corrected chi connectivity index (χ2v) is 9.87. The van der Waals surface area contributed by atoms with Crippen LogP contribution in [0.3, 0.4) is 0 Å². The molecule has 4 rings (SSSR count). The van der Waals surface area contributed by atoms with E-state index in [-0.39, 0.29) is 11.0 Å². The van der Waals surface area contributed by atoms with Crippen molar-refractivity contribution in [2.24, 2.45) is 5.92 Å². The lowest BCUT2D eigenvalue weighted by Crippen LogP contribution is -2.38. The van der Waals surface area contributed by atoms with Crippen molar-refractivity contribution >= 4 is 34.3 Å².